The standard InChI is InChI=1S/C23H19ClFN3O3S/c24-18-7-4-8-19(25)20(18)22(30)27-28-23(32)26-21(29)16-9-11-17(12-10-16)31-14-13-15-5-2-1-3-6-15/h1-12H,13-14H2,(H,27,30)(H2,26,28,29,32). The number of hydrogen-bond acceptors (Lipinski definition) is 4. The summed E-state index contributed by atoms with van der Waals surface area (Å²) in [6.45, 7) is 0.509. The van der Waals surface area contributed by atoms with E-state index in [0.29, 0.717) is 17.9 Å². The van der Waals surface area contributed by atoms with E-state index in [0.717, 1.165) is 12.5 Å². The highest BCUT2D eigenvalue weighted by Gasteiger charge is 2.16. The Morgan fingerprint density at radius 2 is 1.62 bits per heavy atom. The van der Waals surface area contributed by atoms with Gasteiger partial charge in [-0.2, -0.15) is 0 Å². The van der Waals surface area contributed by atoms with Crippen molar-refractivity contribution in [2.45, 2.75) is 6.42 Å². The lowest BCUT2D eigenvalue weighted by atomic mass is 10.2. The summed E-state index contributed by atoms with van der Waals surface area (Å²) < 4.78 is 19.5. The van der Waals surface area contributed by atoms with Crippen LogP contribution in [0.3, 0.4) is 0 Å². The molecule has 0 saturated heterocycles. The van der Waals surface area contributed by atoms with Crippen LogP contribution in [-0.2, 0) is 6.42 Å². The fourth-order valence-corrected chi connectivity index (χ4v) is 3.12. The van der Waals surface area contributed by atoms with Gasteiger partial charge in [0.2, 0.25) is 0 Å². The molecule has 0 heterocycles. The van der Waals surface area contributed by atoms with Crippen LogP contribution in [0.25, 0.3) is 0 Å². The summed E-state index contributed by atoms with van der Waals surface area (Å²) in [6.07, 6.45) is 0.771. The molecule has 9 heteroatoms. The Labute approximate surface area is 194 Å². The summed E-state index contributed by atoms with van der Waals surface area (Å²) in [5.74, 6) is -1.47. The molecule has 0 atom stereocenters. The fraction of sp³-hybridized carbons (Fsp3) is 0.0870. The van der Waals surface area contributed by atoms with E-state index in [4.69, 9.17) is 28.6 Å². The van der Waals surface area contributed by atoms with Crippen molar-refractivity contribution >= 4 is 40.7 Å². The van der Waals surface area contributed by atoms with Crippen LogP contribution in [-0.4, -0.2) is 23.5 Å². The van der Waals surface area contributed by atoms with E-state index >= 15 is 0 Å². The topological polar surface area (TPSA) is 79.5 Å². The molecular formula is C23H19ClFN3O3S. The van der Waals surface area contributed by atoms with Crippen LogP contribution in [0.15, 0.2) is 72.8 Å². The first-order valence-electron chi connectivity index (χ1n) is 9.56. The second-order valence-corrected chi connectivity index (χ2v) is 7.38. The SMILES string of the molecule is O=C(NC(=S)NNC(=O)c1c(F)cccc1Cl)c1ccc(OCCc2ccccc2)cc1. The second kappa shape index (κ2) is 11.2. The molecule has 2 amide bonds. The normalized spacial score (nSPS) is 10.2. The highest BCUT2D eigenvalue weighted by molar-refractivity contribution is 7.80. The largest absolute Gasteiger partial charge is 0.493 e. The maximum Gasteiger partial charge on any atom is 0.274 e. The summed E-state index contributed by atoms with van der Waals surface area (Å²) in [5, 5.41) is 2.20. The maximum atomic E-state index is 13.8. The van der Waals surface area contributed by atoms with Crippen LogP contribution in [0.2, 0.25) is 5.02 Å². The van der Waals surface area contributed by atoms with Crippen molar-refractivity contribution in [2.75, 3.05) is 6.61 Å². The molecule has 3 rings (SSSR count). The highest BCUT2D eigenvalue weighted by Crippen LogP contribution is 2.18. The van der Waals surface area contributed by atoms with Crippen molar-refractivity contribution in [1.82, 2.24) is 16.2 Å². The third-order valence-corrected chi connectivity index (χ3v) is 4.84. The lowest BCUT2D eigenvalue weighted by Crippen LogP contribution is -2.48. The van der Waals surface area contributed by atoms with E-state index < -0.39 is 17.6 Å². The van der Waals surface area contributed by atoms with Gasteiger partial charge in [-0.15, -0.1) is 0 Å². The third-order valence-electron chi connectivity index (χ3n) is 4.33. The zero-order valence-corrected chi connectivity index (χ0v) is 18.3. The molecule has 164 valence electrons. The molecule has 0 saturated carbocycles. The number of amides is 2. The minimum atomic E-state index is -0.832. The minimum absolute atomic E-state index is 0.0506. The molecule has 0 aromatic heterocycles. The summed E-state index contributed by atoms with van der Waals surface area (Å²) in [4.78, 5) is 24.4. The maximum absolute atomic E-state index is 13.8. The molecule has 0 aliphatic heterocycles. The van der Waals surface area contributed by atoms with E-state index in [1.54, 1.807) is 24.3 Å². The number of hydrogen-bond donors (Lipinski definition) is 3. The number of carbonyl (C=O) groups excluding carboxylic acids is 2. The Hall–Kier alpha value is -3.49. The Morgan fingerprint density at radius 1 is 0.906 bits per heavy atom. The molecular weight excluding hydrogens is 453 g/mol. The first kappa shape index (κ1) is 23.2. The molecule has 0 fully saturated rings. The van der Waals surface area contributed by atoms with E-state index in [1.165, 1.54) is 17.7 Å². The summed E-state index contributed by atoms with van der Waals surface area (Å²) in [5.41, 5.74) is 5.72. The molecule has 32 heavy (non-hydrogen) atoms. The molecule has 3 aromatic rings. The summed E-state index contributed by atoms with van der Waals surface area (Å²) in [6, 6.07) is 20.4. The van der Waals surface area contributed by atoms with Crippen LogP contribution in [0.1, 0.15) is 26.3 Å². The van der Waals surface area contributed by atoms with Gasteiger partial charge in [-0.1, -0.05) is 48.0 Å². The fourth-order valence-electron chi connectivity index (χ4n) is 2.73. The van der Waals surface area contributed by atoms with Crippen molar-refractivity contribution < 1.29 is 18.7 Å². The molecule has 0 aliphatic carbocycles. The van der Waals surface area contributed by atoms with Crippen LogP contribution < -0.4 is 20.9 Å². The Morgan fingerprint density at radius 3 is 2.31 bits per heavy atom. The van der Waals surface area contributed by atoms with E-state index in [-0.39, 0.29) is 15.7 Å². The predicted octanol–water partition coefficient (Wildman–Crippen LogP) is 4.05. The quantitative estimate of drug-likeness (QED) is 0.373. The van der Waals surface area contributed by atoms with E-state index in [2.05, 4.69) is 16.2 Å². The zero-order chi connectivity index (χ0) is 22.9. The third kappa shape index (κ3) is 6.50. The van der Waals surface area contributed by atoms with Gasteiger partial charge in [-0.05, 0) is 54.2 Å². The van der Waals surface area contributed by atoms with Crippen molar-refractivity contribution in [1.29, 1.82) is 0 Å². The van der Waals surface area contributed by atoms with Crippen LogP contribution in [0, 0.1) is 5.82 Å². The lowest BCUT2D eigenvalue weighted by molar-refractivity contribution is 0.0931. The number of hydrazine groups is 1. The molecule has 0 radical (unpaired) electrons. The van der Waals surface area contributed by atoms with Crippen molar-refractivity contribution in [3.8, 4) is 5.75 Å². The number of nitrogens with one attached hydrogen (secondary N) is 3. The first-order chi connectivity index (χ1) is 15.4. The number of rotatable bonds is 6. The molecule has 3 aromatic carbocycles. The van der Waals surface area contributed by atoms with Gasteiger partial charge in [0.1, 0.15) is 11.6 Å². The monoisotopic (exact) mass is 471 g/mol. The van der Waals surface area contributed by atoms with E-state index in [9.17, 15) is 14.0 Å². The lowest BCUT2D eigenvalue weighted by Gasteiger charge is -2.12. The predicted molar refractivity (Wildman–Crippen MR) is 124 cm³/mol. The first-order valence-corrected chi connectivity index (χ1v) is 10.3. The van der Waals surface area contributed by atoms with E-state index in [1.807, 2.05) is 30.3 Å². The Bertz CT molecular complexity index is 1090. The zero-order valence-electron chi connectivity index (χ0n) is 16.7. The summed E-state index contributed by atoms with van der Waals surface area (Å²) in [7, 11) is 0. The van der Waals surface area contributed by atoms with Gasteiger partial charge in [0.25, 0.3) is 11.8 Å². The number of ether oxygens (including phenoxy) is 1. The van der Waals surface area contributed by atoms with Crippen LogP contribution in [0.5, 0.6) is 5.75 Å². The Kier molecular flexibility index (Phi) is 8.13. The number of carbonyl (C=O) groups is 2. The average molecular weight is 472 g/mol. The average Bonchev–Trinajstić information content (AvgIpc) is 2.79. The van der Waals surface area contributed by atoms with Crippen molar-refractivity contribution in [3.05, 3.63) is 100 Å². The van der Waals surface area contributed by atoms with Crippen molar-refractivity contribution in [3.63, 3.8) is 0 Å². The highest BCUT2D eigenvalue weighted by atomic mass is 35.5. The van der Waals surface area contributed by atoms with Crippen molar-refractivity contribution in [2.24, 2.45) is 0 Å². The van der Waals surface area contributed by atoms with Gasteiger partial charge in [0, 0.05) is 12.0 Å². The van der Waals surface area contributed by atoms with Crippen LogP contribution in [0.4, 0.5) is 4.39 Å². The van der Waals surface area contributed by atoms with Gasteiger partial charge >= 0.3 is 0 Å². The van der Waals surface area contributed by atoms with Crippen LogP contribution >= 0.6 is 23.8 Å². The molecule has 3 N–H and O–H groups in total. The number of thiocarbonyl (C=S) groups is 1. The van der Waals surface area contributed by atoms with Gasteiger partial charge < -0.3 is 4.74 Å². The minimum Gasteiger partial charge on any atom is -0.493 e. The molecule has 0 spiro atoms. The number of benzene rings is 3. The summed E-state index contributed by atoms with van der Waals surface area (Å²) >= 11 is 10.8. The molecule has 0 aliphatic rings. The number of halogens is 2. The van der Waals surface area contributed by atoms with Gasteiger partial charge in [0.15, 0.2) is 5.11 Å². The second-order valence-electron chi connectivity index (χ2n) is 6.57. The van der Waals surface area contributed by atoms with Gasteiger partial charge in [0.05, 0.1) is 17.2 Å². The Balaban J connectivity index is 1.45. The molecule has 0 unspecified atom stereocenters. The van der Waals surface area contributed by atoms with Gasteiger partial charge in [-0.25, -0.2) is 4.39 Å². The smallest absolute Gasteiger partial charge is 0.274 e. The molecule has 0 bridgehead atoms. The van der Waals surface area contributed by atoms with Gasteiger partial charge in [-0.3, -0.25) is 25.8 Å². The molecule has 6 nitrogen and oxygen atoms in total.